The lowest BCUT2D eigenvalue weighted by Crippen LogP contribution is -2.60. The molecule has 2 aliphatic rings. The molecular formula is C18H27NO14. The van der Waals surface area contributed by atoms with E-state index in [1.165, 1.54) is 24.3 Å². The third-order valence-corrected chi connectivity index (χ3v) is 5.03. The van der Waals surface area contributed by atoms with Gasteiger partial charge in [0.1, 0.15) is 48.5 Å². The number of nitro groups is 1. The van der Waals surface area contributed by atoms with Gasteiger partial charge >= 0.3 is 0 Å². The van der Waals surface area contributed by atoms with E-state index >= 15 is 0 Å². The van der Waals surface area contributed by atoms with E-state index in [2.05, 4.69) is 4.74 Å². The van der Waals surface area contributed by atoms with Gasteiger partial charge in [-0.15, -0.1) is 0 Å². The summed E-state index contributed by atoms with van der Waals surface area (Å²) in [6.45, 7) is -1.10. The van der Waals surface area contributed by atoms with Crippen LogP contribution in [0.15, 0.2) is 24.3 Å². The van der Waals surface area contributed by atoms with E-state index in [9.17, 15) is 25.4 Å². The number of nitro benzene ring substituents is 1. The van der Waals surface area contributed by atoms with E-state index in [4.69, 9.17) is 40.1 Å². The van der Waals surface area contributed by atoms with Crippen molar-refractivity contribution in [1.82, 2.24) is 0 Å². The van der Waals surface area contributed by atoms with Gasteiger partial charge in [-0.25, -0.2) is 0 Å². The smallest absolute Gasteiger partial charge is 0.269 e. The fourth-order valence-electron chi connectivity index (χ4n) is 3.08. The Labute approximate surface area is 186 Å². The number of rotatable bonds is 5. The Hall–Kier alpha value is -2.02. The zero-order valence-corrected chi connectivity index (χ0v) is 17.0. The van der Waals surface area contributed by atoms with Crippen molar-refractivity contribution in [2.45, 2.75) is 61.4 Å². The predicted octanol–water partition coefficient (Wildman–Crippen LogP) is -4.45. The first-order valence-corrected chi connectivity index (χ1v) is 9.72. The van der Waals surface area contributed by atoms with Crippen LogP contribution in [-0.2, 0) is 9.47 Å². The minimum absolute atomic E-state index is 0.135. The Bertz CT molecular complexity index is 745. The summed E-state index contributed by atoms with van der Waals surface area (Å²) in [5.41, 5.74) is -0.135. The van der Waals surface area contributed by atoms with Gasteiger partial charge in [-0.1, -0.05) is 0 Å². The first-order chi connectivity index (χ1) is 15.5. The van der Waals surface area contributed by atoms with Gasteiger partial charge in [0.25, 0.3) is 5.69 Å². The molecule has 0 bridgehead atoms. The highest BCUT2D eigenvalue weighted by Crippen LogP contribution is 2.26. The van der Waals surface area contributed by atoms with E-state index < -0.39 is 79.5 Å². The van der Waals surface area contributed by atoms with Gasteiger partial charge in [-0.2, -0.15) is 0 Å². The fraction of sp³-hybridized carbons (Fsp3) is 0.667. The molecule has 1 unspecified atom stereocenters. The summed E-state index contributed by atoms with van der Waals surface area (Å²) >= 11 is 0. The number of aliphatic hydroxyl groups is 9. The maximum Gasteiger partial charge on any atom is 0.269 e. The minimum Gasteiger partial charge on any atom is -0.482 e. The van der Waals surface area contributed by atoms with Gasteiger partial charge < -0.3 is 60.2 Å². The van der Waals surface area contributed by atoms with Gasteiger partial charge in [0.2, 0.25) is 0 Å². The molecule has 2 saturated heterocycles. The minimum atomic E-state index is -1.57. The summed E-state index contributed by atoms with van der Waals surface area (Å²) in [6.07, 6.45) is -13.9. The molecule has 9 N–H and O–H groups in total. The molecule has 15 nitrogen and oxygen atoms in total. The van der Waals surface area contributed by atoms with Gasteiger partial charge in [0, 0.05) is 12.1 Å². The maximum absolute atomic E-state index is 10.5. The Morgan fingerprint density at radius 3 is 1.73 bits per heavy atom. The molecule has 1 aromatic carbocycles. The predicted molar refractivity (Wildman–Crippen MR) is 103 cm³/mol. The lowest BCUT2D eigenvalue weighted by Gasteiger charge is -2.39. The van der Waals surface area contributed by atoms with Crippen molar-refractivity contribution in [2.24, 2.45) is 0 Å². The lowest BCUT2D eigenvalue weighted by molar-refractivity contribution is -0.384. The number of non-ortho nitro benzene ring substituents is 1. The highest BCUT2D eigenvalue weighted by atomic mass is 16.7. The molecule has 33 heavy (non-hydrogen) atoms. The normalized spacial score (nSPS) is 38.7. The summed E-state index contributed by atoms with van der Waals surface area (Å²) in [5.74, 6) is 0.155. The Morgan fingerprint density at radius 1 is 0.758 bits per heavy atom. The molecule has 1 aromatic rings. The molecule has 2 aliphatic heterocycles. The standard InChI is InChI=1S/C12H15NO8.C6H12O6/c14-5-8-9(15)10(16)11(12(17)21-8)20-7-3-1-6(2-4-7)13(18)19;7-1-2-3(8)4(9)5(10)6(11)12-2/h1-4,8-12,14-17H,5H2;2-11H,1H2/t8-,9+,10+,11-,12+;2-,3+,4+,5-,6?/m11/s1. The molecule has 0 radical (unpaired) electrons. The van der Waals surface area contributed by atoms with Crippen LogP contribution in [-0.4, -0.2) is 126 Å². The van der Waals surface area contributed by atoms with Gasteiger partial charge in [-0.3, -0.25) is 10.1 Å². The summed E-state index contributed by atoms with van der Waals surface area (Å²) < 4.78 is 14.8. The van der Waals surface area contributed by atoms with Crippen LogP contribution in [0.4, 0.5) is 5.69 Å². The quantitative estimate of drug-likeness (QED) is 0.142. The topological polar surface area (TPSA) is 253 Å². The van der Waals surface area contributed by atoms with E-state index in [1.807, 2.05) is 0 Å². The molecule has 0 aliphatic carbocycles. The van der Waals surface area contributed by atoms with Crippen LogP contribution in [0.3, 0.4) is 0 Å². The van der Waals surface area contributed by atoms with Crippen LogP contribution in [0.2, 0.25) is 0 Å². The summed E-state index contributed by atoms with van der Waals surface area (Å²) in [5, 5.41) is 93.4. The van der Waals surface area contributed by atoms with E-state index in [0.717, 1.165) is 0 Å². The molecule has 2 fully saturated rings. The number of aliphatic hydroxyl groups excluding tert-OH is 9. The summed E-state index contributed by atoms with van der Waals surface area (Å²) in [6, 6.07) is 4.99. The number of hydrogen-bond donors (Lipinski definition) is 9. The van der Waals surface area contributed by atoms with Crippen LogP contribution in [0.5, 0.6) is 5.75 Å². The van der Waals surface area contributed by atoms with E-state index in [-0.39, 0.29) is 11.4 Å². The highest BCUT2D eigenvalue weighted by Gasteiger charge is 2.45. The van der Waals surface area contributed by atoms with Crippen molar-refractivity contribution in [2.75, 3.05) is 13.2 Å². The molecule has 3 rings (SSSR count). The molecule has 0 spiro atoms. The van der Waals surface area contributed by atoms with Crippen molar-refractivity contribution in [3.05, 3.63) is 34.4 Å². The first kappa shape index (κ1) is 27.2. The Morgan fingerprint density at radius 2 is 1.24 bits per heavy atom. The molecule has 15 heteroatoms. The molecule has 0 aromatic heterocycles. The maximum atomic E-state index is 10.5. The third kappa shape index (κ3) is 6.52. The monoisotopic (exact) mass is 481 g/mol. The van der Waals surface area contributed by atoms with E-state index in [1.54, 1.807) is 0 Å². The van der Waals surface area contributed by atoms with Gasteiger partial charge in [0.15, 0.2) is 18.7 Å². The van der Waals surface area contributed by atoms with Crippen LogP contribution >= 0.6 is 0 Å². The average molecular weight is 481 g/mol. The van der Waals surface area contributed by atoms with E-state index in [0.29, 0.717) is 0 Å². The second-order valence-corrected chi connectivity index (χ2v) is 7.28. The highest BCUT2D eigenvalue weighted by molar-refractivity contribution is 5.36. The van der Waals surface area contributed by atoms with Gasteiger partial charge in [-0.05, 0) is 12.1 Å². The Kier molecular flexibility index (Phi) is 9.83. The number of ether oxygens (including phenoxy) is 3. The Balaban J connectivity index is 0.000000273. The zero-order valence-electron chi connectivity index (χ0n) is 17.0. The van der Waals surface area contributed by atoms with Crippen LogP contribution < -0.4 is 4.74 Å². The van der Waals surface area contributed by atoms with Crippen molar-refractivity contribution in [1.29, 1.82) is 0 Å². The summed E-state index contributed by atoms with van der Waals surface area (Å²) in [7, 11) is 0. The largest absolute Gasteiger partial charge is 0.482 e. The zero-order chi connectivity index (χ0) is 24.9. The number of nitrogens with zero attached hydrogens (tertiary/aromatic N) is 1. The SMILES string of the molecule is O=[N+]([O-])c1ccc(O[C@@H]2[C@@H](O)[C@@H](O)[C@@H](CO)O[C@@H]2O)cc1.OC[C@H]1OC(O)[C@H](O)[C@@H](O)[C@H]1O. The number of benzene rings is 1. The first-order valence-electron chi connectivity index (χ1n) is 9.72. The van der Waals surface area contributed by atoms with Crippen molar-refractivity contribution < 1.29 is 65.1 Å². The number of hydrogen-bond acceptors (Lipinski definition) is 14. The van der Waals surface area contributed by atoms with Crippen molar-refractivity contribution in [3.8, 4) is 5.75 Å². The lowest BCUT2D eigenvalue weighted by atomic mass is 9.99. The average Bonchev–Trinajstić information content (AvgIpc) is 2.80. The molecular weight excluding hydrogens is 454 g/mol. The van der Waals surface area contributed by atoms with Crippen molar-refractivity contribution >= 4 is 5.69 Å². The molecule has 2 heterocycles. The molecule has 0 saturated carbocycles. The second-order valence-electron chi connectivity index (χ2n) is 7.28. The molecule has 188 valence electrons. The fourth-order valence-corrected chi connectivity index (χ4v) is 3.08. The summed E-state index contributed by atoms with van der Waals surface area (Å²) in [4.78, 5) is 9.95. The molecule has 10 atom stereocenters. The molecule has 0 amide bonds. The van der Waals surface area contributed by atoms with Gasteiger partial charge in [0.05, 0.1) is 18.1 Å². The van der Waals surface area contributed by atoms with Crippen LogP contribution in [0, 0.1) is 10.1 Å². The van der Waals surface area contributed by atoms with Crippen LogP contribution in [0.25, 0.3) is 0 Å². The second kappa shape index (κ2) is 11.9. The van der Waals surface area contributed by atoms with Crippen molar-refractivity contribution in [3.63, 3.8) is 0 Å². The third-order valence-electron chi connectivity index (χ3n) is 5.03. The van der Waals surface area contributed by atoms with Crippen LogP contribution in [0.1, 0.15) is 0 Å².